The van der Waals surface area contributed by atoms with E-state index in [0.29, 0.717) is 75.3 Å². The third-order valence-electron chi connectivity index (χ3n) is 8.06. The van der Waals surface area contributed by atoms with Crippen LogP contribution in [0.4, 0.5) is 0 Å². The minimum atomic E-state index is -0.916. The van der Waals surface area contributed by atoms with Gasteiger partial charge in [0.15, 0.2) is 11.6 Å². The molecule has 9 nitrogen and oxygen atoms in total. The second-order valence-electron chi connectivity index (χ2n) is 10.3. The highest BCUT2D eigenvalue weighted by atomic mass is 16.6. The molecule has 2 N–H and O–H groups in total. The molecule has 2 saturated heterocycles. The maximum absolute atomic E-state index is 13.6. The molecule has 35 heavy (non-hydrogen) atoms. The second-order valence-corrected chi connectivity index (χ2v) is 10.3. The molecular weight excluding hydrogens is 448 g/mol. The van der Waals surface area contributed by atoms with Gasteiger partial charge in [-0.1, -0.05) is 6.42 Å². The number of nitrogens with two attached hydrogens (primary N) is 1. The predicted octanol–water partition coefficient (Wildman–Crippen LogP) is 2.59. The molecule has 0 bridgehead atoms. The monoisotopic (exact) mass is 484 g/mol. The SMILES string of the molecule is CN1CCC[C@H]1COc1cc(C2COCCO2)nc(/C(N)=C2\CCC[C@@]3(CCCCC3=O)C2=O)n1. The Balaban J connectivity index is 1.47. The van der Waals surface area contributed by atoms with Crippen molar-refractivity contribution in [2.45, 2.75) is 69.9 Å². The fourth-order valence-corrected chi connectivity index (χ4v) is 5.90. The number of aromatic nitrogens is 2. The zero-order valence-corrected chi connectivity index (χ0v) is 20.6. The third kappa shape index (κ3) is 4.86. The Morgan fingerprint density at radius 2 is 2.03 bits per heavy atom. The summed E-state index contributed by atoms with van der Waals surface area (Å²) in [5, 5.41) is 0. The van der Waals surface area contributed by atoms with Crippen molar-refractivity contribution in [3.63, 3.8) is 0 Å². The van der Waals surface area contributed by atoms with Crippen LogP contribution in [0.1, 0.15) is 75.4 Å². The summed E-state index contributed by atoms with van der Waals surface area (Å²) in [6.45, 7) is 2.98. The predicted molar refractivity (Wildman–Crippen MR) is 129 cm³/mol. The van der Waals surface area contributed by atoms with E-state index < -0.39 is 5.41 Å². The van der Waals surface area contributed by atoms with Gasteiger partial charge in [0.05, 0.1) is 36.6 Å². The topological polar surface area (TPSA) is 117 Å². The van der Waals surface area contributed by atoms with E-state index in [1.165, 1.54) is 0 Å². The number of rotatable bonds is 5. The van der Waals surface area contributed by atoms with Crippen LogP contribution in [0.3, 0.4) is 0 Å². The molecule has 3 atom stereocenters. The number of nitrogens with zero attached hydrogens (tertiary/aromatic N) is 3. The second kappa shape index (κ2) is 10.3. The summed E-state index contributed by atoms with van der Waals surface area (Å²) in [6, 6.07) is 2.11. The first kappa shape index (κ1) is 24.3. The molecule has 4 fully saturated rings. The van der Waals surface area contributed by atoms with Gasteiger partial charge in [0.2, 0.25) is 5.88 Å². The van der Waals surface area contributed by atoms with Crippen LogP contribution < -0.4 is 10.5 Å². The van der Waals surface area contributed by atoms with Gasteiger partial charge < -0.3 is 24.8 Å². The van der Waals surface area contributed by atoms with Crippen LogP contribution >= 0.6 is 0 Å². The molecule has 2 aliphatic heterocycles. The smallest absolute Gasteiger partial charge is 0.217 e. The highest BCUT2D eigenvalue weighted by Gasteiger charge is 2.49. The molecular formula is C26H36N4O5. The number of carbonyl (C=O) groups is 2. The molecule has 190 valence electrons. The minimum absolute atomic E-state index is 0.0610. The molecule has 9 heteroatoms. The highest BCUT2D eigenvalue weighted by Crippen LogP contribution is 2.45. The summed E-state index contributed by atoms with van der Waals surface area (Å²) < 4.78 is 17.6. The summed E-state index contributed by atoms with van der Waals surface area (Å²) in [6.07, 6.45) is 6.60. The molecule has 3 heterocycles. The van der Waals surface area contributed by atoms with Gasteiger partial charge in [-0.05, 0) is 58.5 Å². The summed E-state index contributed by atoms with van der Waals surface area (Å²) in [4.78, 5) is 38.1. The number of allylic oxidation sites excluding steroid dienone is 1. The average molecular weight is 485 g/mol. The number of Topliss-reactive ketones (excluding diaryl/α,β-unsaturated/α-hetero) is 2. The average Bonchev–Trinajstić information content (AvgIpc) is 3.30. The van der Waals surface area contributed by atoms with Crippen molar-refractivity contribution in [1.82, 2.24) is 14.9 Å². The van der Waals surface area contributed by atoms with Crippen LogP contribution in [0, 0.1) is 5.41 Å². The van der Waals surface area contributed by atoms with E-state index in [4.69, 9.17) is 19.9 Å². The van der Waals surface area contributed by atoms with Crippen LogP contribution in [0.15, 0.2) is 11.6 Å². The van der Waals surface area contributed by atoms with Crippen LogP contribution in [0.2, 0.25) is 0 Å². The maximum Gasteiger partial charge on any atom is 0.217 e. The Morgan fingerprint density at radius 1 is 1.17 bits per heavy atom. The number of likely N-dealkylation sites (tertiary alicyclic amines) is 1. The molecule has 5 rings (SSSR count). The number of hydrogen-bond donors (Lipinski definition) is 1. The lowest BCUT2D eigenvalue weighted by Gasteiger charge is -2.38. The lowest BCUT2D eigenvalue weighted by Crippen LogP contribution is -2.45. The third-order valence-corrected chi connectivity index (χ3v) is 8.06. The number of ether oxygens (including phenoxy) is 3. The lowest BCUT2D eigenvalue weighted by atomic mass is 9.62. The van der Waals surface area contributed by atoms with Crippen LogP contribution in [0.5, 0.6) is 5.88 Å². The van der Waals surface area contributed by atoms with Gasteiger partial charge in [0, 0.05) is 24.1 Å². The van der Waals surface area contributed by atoms with Gasteiger partial charge in [0.1, 0.15) is 18.5 Å². The zero-order chi connectivity index (χ0) is 24.4. The quantitative estimate of drug-likeness (QED) is 0.497. The van der Waals surface area contributed by atoms with Crippen molar-refractivity contribution in [3.8, 4) is 5.88 Å². The molecule has 2 saturated carbocycles. The maximum atomic E-state index is 13.6. The van der Waals surface area contributed by atoms with Gasteiger partial charge in [-0.15, -0.1) is 0 Å². The summed E-state index contributed by atoms with van der Waals surface area (Å²) in [5.74, 6) is 0.600. The Kier molecular flexibility index (Phi) is 7.18. The standard InChI is InChI=1S/C26H36N4O5/c1-30-11-5-6-17(30)15-35-22-14-19(20-16-33-12-13-34-20)28-25(29-22)23(27)18-7-4-10-26(24(18)32)9-3-2-8-21(26)31/h14,17,20H,2-13,15-16,27H2,1H3/b23-18-/t17-,20?,26+/m0/s1. The summed E-state index contributed by atoms with van der Waals surface area (Å²) in [5.41, 5.74) is 7.02. The van der Waals surface area contributed by atoms with E-state index in [-0.39, 0.29) is 29.2 Å². The first-order chi connectivity index (χ1) is 17.0. The molecule has 2 aliphatic carbocycles. The Hall–Kier alpha value is -2.36. The largest absolute Gasteiger partial charge is 0.476 e. The lowest BCUT2D eigenvalue weighted by molar-refractivity contribution is -0.143. The fraction of sp³-hybridized carbons (Fsp3) is 0.692. The van der Waals surface area contributed by atoms with Crippen molar-refractivity contribution in [1.29, 1.82) is 0 Å². The first-order valence-electron chi connectivity index (χ1n) is 13.0. The van der Waals surface area contributed by atoms with Gasteiger partial charge in [0.25, 0.3) is 0 Å². The van der Waals surface area contributed by atoms with Gasteiger partial charge >= 0.3 is 0 Å². The molecule has 0 aromatic carbocycles. The summed E-state index contributed by atoms with van der Waals surface area (Å²) >= 11 is 0. The Labute approximate surface area is 206 Å². The van der Waals surface area contributed by atoms with Crippen molar-refractivity contribution in [2.75, 3.05) is 40.0 Å². The first-order valence-corrected chi connectivity index (χ1v) is 13.0. The molecule has 1 aromatic rings. The van der Waals surface area contributed by atoms with Gasteiger partial charge in [-0.25, -0.2) is 4.98 Å². The van der Waals surface area contributed by atoms with Gasteiger partial charge in [-0.2, -0.15) is 4.98 Å². The van der Waals surface area contributed by atoms with E-state index in [1.807, 2.05) is 0 Å². The molecule has 0 radical (unpaired) electrons. The minimum Gasteiger partial charge on any atom is -0.476 e. The van der Waals surface area contributed by atoms with E-state index in [0.717, 1.165) is 38.6 Å². The number of ketones is 2. The molecule has 1 spiro atoms. The number of hydrogen-bond acceptors (Lipinski definition) is 9. The van der Waals surface area contributed by atoms with Crippen molar-refractivity contribution in [3.05, 3.63) is 23.2 Å². The van der Waals surface area contributed by atoms with Crippen LogP contribution in [-0.4, -0.2) is 72.5 Å². The fourth-order valence-electron chi connectivity index (χ4n) is 5.90. The number of likely N-dealkylation sites (N-methyl/N-ethyl adjacent to an activating group) is 1. The Bertz CT molecular complexity index is 1000. The molecule has 0 amide bonds. The molecule has 4 aliphatic rings. The zero-order valence-electron chi connectivity index (χ0n) is 20.6. The van der Waals surface area contributed by atoms with E-state index >= 15 is 0 Å². The highest BCUT2D eigenvalue weighted by molar-refractivity contribution is 6.17. The molecule has 1 unspecified atom stereocenters. The van der Waals surface area contributed by atoms with Crippen molar-refractivity contribution < 1.29 is 23.8 Å². The van der Waals surface area contributed by atoms with Crippen molar-refractivity contribution in [2.24, 2.45) is 11.1 Å². The summed E-state index contributed by atoms with van der Waals surface area (Å²) in [7, 11) is 2.10. The number of carbonyl (C=O) groups excluding carboxylic acids is 2. The Morgan fingerprint density at radius 3 is 2.77 bits per heavy atom. The van der Waals surface area contributed by atoms with Crippen molar-refractivity contribution >= 4 is 17.3 Å². The molecule has 1 aromatic heterocycles. The van der Waals surface area contributed by atoms with E-state index in [9.17, 15) is 9.59 Å². The van der Waals surface area contributed by atoms with Crippen LogP contribution in [-0.2, 0) is 19.1 Å². The normalized spacial score (nSPS) is 31.7. The van der Waals surface area contributed by atoms with Gasteiger partial charge in [-0.3, -0.25) is 9.59 Å². The van der Waals surface area contributed by atoms with Crippen LogP contribution in [0.25, 0.3) is 5.70 Å². The van der Waals surface area contributed by atoms with E-state index in [2.05, 4.69) is 21.9 Å². The van der Waals surface area contributed by atoms with E-state index in [1.54, 1.807) is 6.07 Å².